The van der Waals surface area contributed by atoms with E-state index in [0.29, 0.717) is 12.5 Å². The molecule has 0 aliphatic carbocycles. The van der Waals surface area contributed by atoms with Crippen molar-refractivity contribution in [2.75, 3.05) is 33.4 Å². The van der Waals surface area contributed by atoms with E-state index < -0.39 is 0 Å². The number of likely N-dealkylation sites (N-methyl/N-ethyl adjacent to an activating group) is 1. The van der Waals surface area contributed by atoms with Gasteiger partial charge in [-0.25, -0.2) is 0 Å². The highest BCUT2D eigenvalue weighted by Gasteiger charge is 2.21. The zero-order valence-electron chi connectivity index (χ0n) is 8.28. The summed E-state index contributed by atoms with van der Waals surface area (Å²) in [5.41, 5.74) is 5.81. The van der Waals surface area contributed by atoms with Crippen LogP contribution in [0.1, 0.15) is 12.8 Å². The van der Waals surface area contributed by atoms with Gasteiger partial charge < -0.3 is 15.6 Å². The van der Waals surface area contributed by atoms with Crippen LogP contribution < -0.4 is 5.73 Å². The summed E-state index contributed by atoms with van der Waals surface area (Å²) < 4.78 is 5.29. The lowest BCUT2D eigenvalue weighted by Gasteiger charge is -2.25. The first-order chi connectivity index (χ1) is 6.24. The summed E-state index contributed by atoms with van der Waals surface area (Å²) in [6, 6.07) is 0.598. The van der Waals surface area contributed by atoms with Crippen LogP contribution in [0.15, 0.2) is 0 Å². The minimum Gasteiger partial charge on any atom is -0.396 e. The predicted molar refractivity (Wildman–Crippen MR) is 51.5 cm³/mol. The molecule has 0 saturated carbocycles. The van der Waals surface area contributed by atoms with Gasteiger partial charge in [0.05, 0.1) is 6.61 Å². The number of nitrogens with two attached hydrogens (primary N) is 1. The topological polar surface area (TPSA) is 58.7 Å². The second-order valence-corrected chi connectivity index (χ2v) is 3.73. The highest BCUT2D eigenvalue weighted by molar-refractivity contribution is 4.76. The summed E-state index contributed by atoms with van der Waals surface area (Å²) in [6.45, 7) is 2.71. The lowest BCUT2D eigenvalue weighted by atomic mass is 10.1. The molecule has 13 heavy (non-hydrogen) atoms. The molecule has 0 aromatic rings. The van der Waals surface area contributed by atoms with Gasteiger partial charge in [0.1, 0.15) is 0 Å². The van der Waals surface area contributed by atoms with Crippen molar-refractivity contribution < 1.29 is 9.84 Å². The molecule has 1 saturated heterocycles. The lowest BCUT2D eigenvalue weighted by molar-refractivity contribution is 0.152. The van der Waals surface area contributed by atoms with E-state index in [1.54, 1.807) is 0 Å². The van der Waals surface area contributed by atoms with Crippen LogP contribution in [0, 0.1) is 0 Å². The van der Waals surface area contributed by atoms with Crippen LogP contribution in [0.3, 0.4) is 0 Å². The molecule has 1 heterocycles. The minimum atomic E-state index is 0.0793. The first-order valence-electron chi connectivity index (χ1n) is 4.88. The number of aliphatic hydroxyl groups is 1. The quantitative estimate of drug-likeness (QED) is 0.606. The molecule has 2 unspecified atom stereocenters. The SMILES string of the molecule is CN(CC(N)CCO)C1CCOC1. The van der Waals surface area contributed by atoms with Crippen LogP contribution in [0.25, 0.3) is 0 Å². The van der Waals surface area contributed by atoms with E-state index in [4.69, 9.17) is 15.6 Å². The fraction of sp³-hybridized carbons (Fsp3) is 1.00. The monoisotopic (exact) mass is 188 g/mol. The van der Waals surface area contributed by atoms with Gasteiger partial charge in [0.15, 0.2) is 0 Å². The molecule has 3 N–H and O–H groups in total. The molecule has 0 aromatic heterocycles. The van der Waals surface area contributed by atoms with Crippen molar-refractivity contribution in [1.29, 1.82) is 0 Å². The van der Waals surface area contributed by atoms with Gasteiger partial charge in [-0.2, -0.15) is 0 Å². The van der Waals surface area contributed by atoms with Gasteiger partial charge in [-0.05, 0) is 19.9 Å². The number of rotatable bonds is 5. The summed E-state index contributed by atoms with van der Waals surface area (Å²) in [6.07, 6.45) is 1.78. The molecule has 0 aromatic carbocycles. The fourth-order valence-corrected chi connectivity index (χ4v) is 1.65. The van der Waals surface area contributed by atoms with E-state index in [0.717, 1.165) is 26.2 Å². The van der Waals surface area contributed by atoms with Crippen molar-refractivity contribution in [1.82, 2.24) is 4.90 Å². The Kier molecular flexibility index (Phi) is 4.66. The van der Waals surface area contributed by atoms with E-state index in [9.17, 15) is 0 Å². The highest BCUT2D eigenvalue weighted by atomic mass is 16.5. The van der Waals surface area contributed by atoms with Gasteiger partial charge >= 0.3 is 0 Å². The zero-order chi connectivity index (χ0) is 9.68. The fourth-order valence-electron chi connectivity index (χ4n) is 1.65. The summed E-state index contributed by atoms with van der Waals surface area (Å²) in [7, 11) is 2.07. The zero-order valence-corrected chi connectivity index (χ0v) is 8.28. The molecule has 1 rings (SSSR count). The Morgan fingerprint density at radius 1 is 1.69 bits per heavy atom. The Labute approximate surface area is 79.7 Å². The summed E-state index contributed by atoms with van der Waals surface area (Å²) in [4.78, 5) is 2.23. The van der Waals surface area contributed by atoms with Gasteiger partial charge in [0.2, 0.25) is 0 Å². The van der Waals surface area contributed by atoms with E-state index in [-0.39, 0.29) is 12.6 Å². The molecule has 0 amide bonds. The van der Waals surface area contributed by atoms with E-state index >= 15 is 0 Å². The van der Waals surface area contributed by atoms with Crippen LogP contribution in [-0.2, 0) is 4.74 Å². The first kappa shape index (κ1) is 10.9. The number of hydrogen-bond donors (Lipinski definition) is 2. The van der Waals surface area contributed by atoms with E-state index in [2.05, 4.69) is 11.9 Å². The molecule has 0 spiro atoms. The largest absolute Gasteiger partial charge is 0.396 e. The Balaban J connectivity index is 2.18. The normalized spacial score (nSPS) is 25.4. The van der Waals surface area contributed by atoms with Crippen molar-refractivity contribution in [3.63, 3.8) is 0 Å². The van der Waals surface area contributed by atoms with Gasteiger partial charge in [0, 0.05) is 31.8 Å². The molecule has 2 atom stereocenters. The molecule has 4 heteroatoms. The first-order valence-corrected chi connectivity index (χ1v) is 4.88. The van der Waals surface area contributed by atoms with Crippen molar-refractivity contribution in [3.8, 4) is 0 Å². The van der Waals surface area contributed by atoms with Crippen molar-refractivity contribution in [2.24, 2.45) is 5.73 Å². The van der Waals surface area contributed by atoms with Gasteiger partial charge in [-0.15, -0.1) is 0 Å². The maximum absolute atomic E-state index is 8.69. The van der Waals surface area contributed by atoms with Gasteiger partial charge in [-0.3, -0.25) is 4.90 Å². The Hall–Kier alpha value is -0.160. The number of ether oxygens (including phenoxy) is 1. The third-order valence-corrected chi connectivity index (χ3v) is 2.55. The van der Waals surface area contributed by atoms with Crippen LogP contribution in [0.4, 0.5) is 0 Å². The van der Waals surface area contributed by atoms with E-state index in [1.165, 1.54) is 0 Å². The molecular formula is C9H20N2O2. The van der Waals surface area contributed by atoms with E-state index in [1.807, 2.05) is 0 Å². The third-order valence-electron chi connectivity index (χ3n) is 2.55. The Morgan fingerprint density at radius 3 is 3.00 bits per heavy atom. The van der Waals surface area contributed by atoms with Gasteiger partial charge in [0.25, 0.3) is 0 Å². The molecular weight excluding hydrogens is 168 g/mol. The molecule has 1 aliphatic heterocycles. The summed E-state index contributed by atoms with van der Waals surface area (Å²) in [5.74, 6) is 0. The summed E-state index contributed by atoms with van der Waals surface area (Å²) in [5, 5.41) is 8.69. The molecule has 1 fully saturated rings. The van der Waals surface area contributed by atoms with Crippen LogP contribution in [-0.4, -0.2) is 55.5 Å². The van der Waals surface area contributed by atoms with Crippen molar-refractivity contribution >= 4 is 0 Å². The third kappa shape index (κ3) is 3.60. The van der Waals surface area contributed by atoms with Crippen LogP contribution >= 0.6 is 0 Å². The molecule has 0 bridgehead atoms. The minimum absolute atomic E-state index is 0.0793. The van der Waals surface area contributed by atoms with Crippen molar-refractivity contribution in [3.05, 3.63) is 0 Å². The van der Waals surface area contributed by atoms with Gasteiger partial charge in [-0.1, -0.05) is 0 Å². The second-order valence-electron chi connectivity index (χ2n) is 3.73. The molecule has 1 aliphatic rings. The van der Waals surface area contributed by atoms with Crippen LogP contribution in [0.2, 0.25) is 0 Å². The Bertz CT molecular complexity index is 138. The van der Waals surface area contributed by atoms with Crippen molar-refractivity contribution in [2.45, 2.75) is 24.9 Å². The summed E-state index contributed by atoms with van der Waals surface area (Å²) >= 11 is 0. The molecule has 0 radical (unpaired) electrons. The number of hydrogen-bond acceptors (Lipinski definition) is 4. The van der Waals surface area contributed by atoms with Crippen LogP contribution in [0.5, 0.6) is 0 Å². The maximum Gasteiger partial charge on any atom is 0.0622 e. The predicted octanol–water partition coefficient (Wildman–Crippen LogP) is -0.583. The smallest absolute Gasteiger partial charge is 0.0622 e. The highest BCUT2D eigenvalue weighted by Crippen LogP contribution is 2.10. The Morgan fingerprint density at radius 2 is 2.46 bits per heavy atom. The lowest BCUT2D eigenvalue weighted by Crippen LogP contribution is -2.41. The maximum atomic E-state index is 8.69. The number of aliphatic hydroxyl groups excluding tert-OH is 1. The average molecular weight is 188 g/mol. The molecule has 78 valence electrons. The standard InChI is InChI=1S/C9H20N2O2/c1-11(6-8(10)2-4-12)9-3-5-13-7-9/h8-9,12H,2-7,10H2,1H3. The second kappa shape index (κ2) is 5.54. The number of nitrogens with zero attached hydrogens (tertiary/aromatic N) is 1. The average Bonchev–Trinajstić information content (AvgIpc) is 2.55. The molecule has 4 nitrogen and oxygen atoms in total.